The summed E-state index contributed by atoms with van der Waals surface area (Å²) in [6, 6.07) is 7.35. The molecule has 88 valence electrons. The lowest BCUT2D eigenvalue weighted by Gasteiger charge is -2.17. The fourth-order valence-corrected chi connectivity index (χ4v) is 1.57. The first-order valence-corrected chi connectivity index (χ1v) is 5.33. The molecule has 0 aliphatic rings. The van der Waals surface area contributed by atoms with E-state index in [-0.39, 0.29) is 0 Å². The quantitative estimate of drug-likeness (QED) is 0.821. The number of carboxylic acid groups (broad SMARTS) is 1. The lowest BCUT2D eigenvalue weighted by atomic mass is 9.95. The van der Waals surface area contributed by atoms with Crippen LogP contribution >= 0.6 is 0 Å². The molecule has 0 unspecified atom stereocenters. The highest BCUT2D eigenvalue weighted by atomic mass is 16.4. The average Bonchev–Trinajstić information content (AvgIpc) is 2.15. The molecule has 0 heterocycles. The van der Waals surface area contributed by atoms with Crippen LogP contribution in [-0.2, 0) is 11.2 Å². The van der Waals surface area contributed by atoms with Gasteiger partial charge in [-0.3, -0.25) is 4.79 Å². The van der Waals surface area contributed by atoms with Crippen LogP contribution in [0.1, 0.15) is 37.8 Å². The summed E-state index contributed by atoms with van der Waals surface area (Å²) in [4.78, 5) is 10.8. The van der Waals surface area contributed by atoms with Crippen molar-refractivity contribution >= 4 is 5.97 Å². The number of carbonyl (C=O) groups is 1. The molecule has 0 bridgehead atoms. The molecule has 0 fully saturated rings. The van der Waals surface area contributed by atoms with Crippen LogP contribution in [0.4, 0.5) is 0 Å². The molecule has 3 heteroatoms. The van der Waals surface area contributed by atoms with Crippen LogP contribution in [0.5, 0.6) is 0 Å². The highest BCUT2D eigenvalue weighted by Crippen LogP contribution is 2.18. The van der Waals surface area contributed by atoms with Gasteiger partial charge in [0.05, 0.1) is 11.5 Å². The number of hydrogen-bond donors (Lipinski definition) is 2. The molecule has 1 rings (SSSR count). The molecule has 0 saturated heterocycles. The predicted molar refractivity (Wildman–Crippen MR) is 62.5 cm³/mol. The van der Waals surface area contributed by atoms with Crippen molar-refractivity contribution in [2.45, 2.75) is 38.7 Å². The maximum Gasteiger partial charge on any atom is 0.310 e. The Morgan fingerprint density at radius 3 is 2.19 bits per heavy atom. The van der Waals surface area contributed by atoms with Gasteiger partial charge in [0.1, 0.15) is 0 Å². The van der Waals surface area contributed by atoms with Crippen molar-refractivity contribution in [3.05, 3.63) is 35.4 Å². The Morgan fingerprint density at radius 1 is 1.31 bits per heavy atom. The van der Waals surface area contributed by atoms with E-state index in [1.807, 2.05) is 12.1 Å². The second kappa shape index (κ2) is 4.66. The Hall–Kier alpha value is -1.35. The number of carboxylic acids is 1. The SMILES string of the molecule is C[C@H](C(=O)O)c1ccc(CC(C)(C)O)cc1. The van der Waals surface area contributed by atoms with Crippen molar-refractivity contribution in [2.24, 2.45) is 0 Å². The van der Waals surface area contributed by atoms with E-state index in [2.05, 4.69) is 0 Å². The van der Waals surface area contributed by atoms with E-state index >= 15 is 0 Å². The molecule has 1 aromatic carbocycles. The lowest BCUT2D eigenvalue weighted by molar-refractivity contribution is -0.138. The molecule has 0 saturated carbocycles. The molecule has 3 nitrogen and oxygen atoms in total. The minimum Gasteiger partial charge on any atom is -0.481 e. The Morgan fingerprint density at radius 2 is 1.81 bits per heavy atom. The van der Waals surface area contributed by atoms with Gasteiger partial charge in [0.25, 0.3) is 0 Å². The Balaban J connectivity index is 2.79. The molecular weight excluding hydrogens is 204 g/mol. The molecular formula is C13H18O3. The topological polar surface area (TPSA) is 57.5 Å². The third kappa shape index (κ3) is 3.66. The van der Waals surface area contributed by atoms with Crippen LogP contribution in [-0.4, -0.2) is 21.8 Å². The fraction of sp³-hybridized carbons (Fsp3) is 0.462. The summed E-state index contributed by atoms with van der Waals surface area (Å²) < 4.78 is 0. The third-order valence-electron chi connectivity index (χ3n) is 2.49. The zero-order chi connectivity index (χ0) is 12.3. The van der Waals surface area contributed by atoms with E-state index < -0.39 is 17.5 Å². The average molecular weight is 222 g/mol. The van der Waals surface area contributed by atoms with Crippen molar-refractivity contribution in [3.63, 3.8) is 0 Å². The van der Waals surface area contributed by atoms with Crippen LogP contribution in [0.25, 0.3) is 0 Å². The van der Waals surface area contributed by atoms with Crippen molar-refractivity contribution in [1.82, 2.24) is 0 Å². The van der Waals surface area contributed by atoms with Gasteiger partial charge in [-0.25, -0.2) is 0 Å². The fourth-order valence-electron chi connectivity index (χ4n) is 1.57. The third-order valence-corrected chi connectivity index (χ3v) is 2.49. The summed E-state index contributed by atoms with van der Waals surface area (Å²) >= 11 is 0. The second-order valence-corrected chi connectivity index (χ2v) is 4.79. The van der Waals surface area contributed by atoms with Gasteiger partial charge in [-0.1, -0.05) is 24.3 Å². The molecule has 0 aliphatic heterocycles. The van der Waals surface area contributed by atoms with E-state index in [4.69, 9.17) is 5.11 Å². The Kier molecular flexibility index (Phi) is 3.70. The van der Waals surface area contributed by atoms with Crippen molar-refractivity contribution in [1.29, 1.82) is 0 Å². The van der Waals surface area contributed by atoms with Gasteiger partial charge in [-0.05, 0) is 31.9 Å². The smallest absolute Gasteiger partial charge is 0.310 e. The molecule has 1 aromatic rings. The molecule has 1 atom stereocenters. The zero-order valence-corrected chi connectivity index (χ0v) is 9.90. The van der Waals surface area contributed by atoms with Crippen LogP contribution in [0, 0.1) is 0 Å². The predicted octanol–water partition coefficient (Wildman–Crippen LogP) is 2.19. The largest absolute Gasteiger partial charge is 0.481 e. The van der Waals surface area contributed by atoms with E-state index in [0.717, 1.165) is 11.1 Å². The maximum absolute atomic E-state index is 10.8. The minimum atomic E-state index is -0.824. The van der Waals surface area contributed by atoms with Crippen LogP contribution in [0.3, 0.4) is 0 Å². The van der Waals surface area contributed by atoms with E-state index in [1.165, 1.54) is 0 Å². The first-order valence-electron chi connectivity index (χ1n) is 5.33. The number of rotatable bonds is 4. The monoisotopic (exact) mass is 222 g/mol. The summed E-state index contributed by atoms with van der Waals surface area (Å²) in [7, 11) is 0. The summed E-state index contributed by atoms with van der Waals surface area (Å²) in [6.45, 7) is 5.16. The van der Waals surface area contributed by atoms with Gasteiger partial charge in [0, 0.05) is 6.42 Å². The van der Waals surface area contributed by atoms with Crippen LogP contribution in [0.2, 0.25) is 0 Å². The molecule has 0 spiro atoms. The van der Waals surface area contributed by atoms with E-state index in [9.17, 15) is 9.90 Å². The Bertz CT molecular complexity index is 360. The van der Waals surface area contributed by atoms with Gasteiger partial charge in [-0.2, -0.15) is 0 Å². The molecule has 2 N–H and O–H groups in total. The Labute approximate surface area is 95.7 Å². The number of hydrogen-bond acceptors (Lipinski definition) is 2. The summed E-state index contributed by atoms with van der Waals surface area (Å²) in [5.74, 6) is -1.31. The number of aliphatic carboxylic acids is 1. The van der Waals surface area contributed by atoms with Crippen LogP contribution < -0.4 is 0 Å². The molecule has 0 amide bonds. The minimum absolute atomic E-state index is 0.490. The normalized spacial score (nSPS) is 13.5. The second-order valence-electron chi connectivity index (χ2n) is 4.79. The van der Waals surface area contributed by atoms with Crippen LogP contribution in [0.15, 0.2) is 24.3 Å². The van der Waals surface area contributed by atoms with Crippen molar-refractivity contribution in [3.8, 4) is 0 Å². The van der Waals surface area contributed by atoms with Crippen molar-refractivity contribution < 1.29 is 15.0 Å². The van der Waals surface area contributed by atoms with Crippen molar-refractivity contribution in [2.75, 3.05) is 0 Å². The van der Waals surface area contributed by atoms with Gasteiger partial charge < -0.3 is 10.2 Å². The van der Waals surface area contributed by atoms with E-state index in [1.54, 1.807) is 32.9 Å². The van der Waals surface area contributed by atoms with Gasteiger partial charge in [-0.15, -0.1) is 0 Å². The number of benzene rings is 1. The summed E-state index contributed by atoms with van der Waals surface area (Å²) in [5, 5.41) is 18.5. The first-order chi connectivity index (χ1) is 7.29. The first kappa shape index (κ1) is 12.7. The summed E-state index contributed by atoms with van der Waals surface area (Å²) in [5.41, 5.74) is 1.06. The van der Waals surface area contributed by atoms with Gasteiger partial charge in [0.15, 0.2) is 0 Å². The molecule has 0 radical (unpaired) electrons. The van der Waals surface area contributed by atoms with Gasteiger partial charge >= 0.3 is 5.97 Å². The summed E-state index contributed by atoms with van der Waals surface area (Å²) in [6.07, 6.45) is 0.564. The molecule has 0 aliphatic carbocycles. The number of aliphatic hydroxyl groups is 1. The van der Waals surface area contributed by atoms with E-state index in [0.29, 0.717) is 6.42 Å². The molecule has 16 heavy (non-hydrogen) atoms. The highest BCUT2D eigenvalue weighted by molar-refractivity contribution is 5.75. The highest BCUT2D eigenvalue weighted by Gasteiger charge is 2.15. The lowest BCUT2D eigenvalue weighted by Crippen LogP contribution is -2.21. The zero-order valence-electron chi connectivity index (χ0n) is 9.90. The van der Waals surface area contributed by atoms with Gasteiger partial charge in [0.2, 0.25) is 0 Å². The molecule has 0 aromatic heterocycles. The maximum atomic E-state index is 10.8. The standard InChI is InChI=1S/C13H18O3/c1-9(12(14)15)11-6-4-10(5-7-11)8-13(2,3)16/h4-7,9,16H,8H2,1-3H3,(H,14,15)/t9-/m0/s1.